The van der Waals surface area contributed by atoms with Crippen molar-refractivity contribution in [2.24, 2.45) is 4.99 Å². The second-order valence-corrected chi connectivity index (χ2v) is 11.0. The van der Waals surface area contributed by atoms with Crippen molar-refractivity contribution in [2.75, 3.05) is 19.6 Å². The minimum Gasteiger partial charge on any atom is -0.444 e. The Morgan fingerprint density at radius 1 is 1.11 bits per heavy atom. The molecule has 0 aliphatic carbocycles. The van der Waals surface area contributed by atoms with Crippen molar-refractivity contribution < 1.29 is 19.1 Å². The van der Waals surface area contributed by atoms with E-state index >= 15 is 0 Å². The average Bonchev–Trinajstić information content (AvgIpc) is 3.06. The molecule has 36 heavy (non-hydrogen) atoms. The fourth-order valence-electron chi connectivity index (χ4n) is 4.62. The Kier molecular flexibility index (Phi) is 6.97. The van der Waals surface area contributed by atoms with E-state index in [1.165, 1.54) is 4.90 Å². The molecule has 2 heterocycles. The number of hydrogen-bond donors (Lipinski definition) is 0. The highest BCUT2D eigenvalue weighted by Crippen LogP contribution is 2.36. The molecular formula is C28H32ClN3O4. The molecular weight excluding hydrogens is 478 g/mol. The van der Waals surface area contributed by atoms with Crippen LogP contribution in [0, 0.1) is 13.8 Å². The van der Waals surface area contributed by atoms with Gasteiger partial charge in [0, 0.05) is 22.7 Å². The summed E-state index contributed by atoms with van der Waals surface area (Å²) >= 11 is 6.14. The van der Waals surface area contributed by atoms with Gasteiger partial charge in [0.25, 0.3) is 5.91 Å². The molecule has 2 aromatic carbocycles. The van der Waals surface area contributed by atoms with Crippen LogP contribution in [-0.4, -0.2) is 64.2 Å². The summed E-state index contributed by atoms with van der Waals surface area (Å²) in [4.78, 5) is 48.0. The number of Topliss-reactive ketones (excluding diaryl/α,β-unsaturated/α-hetero) is 1. The molecule has 4 rings (SSSR count). The number of carbonyl (C=O) groups is 3. The summed E-state index contributed by atoms with van der Waals surface area (Å²) < 4.78 is 5.60. The third-order valence-electron chi connectivity index (χ3n) is 6.48. The van der Waals surface area contributed by atoms with Crippen molar-refractivity contribution in [1.82, 2.24) is 9.80 Å². The number of rotatable bonds is 4. The number of aliphatic imine (C=N–C) groups is 1. The Bertz CT molecular complexity index is 1230. The lowest BCUT2D eigenvalue weighted by atomic mass is 9.96. The molecule has 0 saturated carbocycles. The van der Waals surface area contributed by atoms with E-state index in [0.29, 0.717) is 41.2 Å². The Balaban J connectivity index is 1.69. The van der Waals surface area contributed by atoms with Gasteiger partial charge in [-0.3, -0.25) is 9.59 Å². The second-order valence-electron chi connectivity index (χ2n) is 10.6. The summed E-state index contributed by atoms with van der Waals surface area (Å²) in [7, 11) is 0. The van der Waals surface area contributed by atoms with E-state index in [-0.39, 0.29) is 24.8 Å². The van der Waals surface area contributed by atoms with E-state index in [2.05, 4.69) is 0 Å². The Morgan fingerprint density at radius 2 is 1.81 bits per heavy atom. The van der Waals surface area contributed by atoms with Crippen LogP contribution in [0.4, 0.5) is 4.79 Å². The molecule has 1 saturated heterocycles. The number of benzene rings is 2. The molecule has 2 amide bonds. The SMILES string of the molecule is Cc1ccc(C2=NC3(CCCN(C(=O)OC(C)(C)C)C3)N(CC(=O)c3ccc(Cl)c(C)c3)C2=O)cc1. The number of nitrogens with zero attached hydrogens (tertiary/aromatic N) is 3. The Morgan fingerprint density at radius 3 is 2.44 bits per heavy atom. The van der Waals surface area contributed by atoms with Gasteiger partial charge in [-0.05, 0) is 71.2 Å². The predicted octanol–water partition coefficient (Wildman–Crippen LogP) is 5.20. The van der Waals surface area contributed by atoms with E-state index in [0.717, 1.165) is 11.1 Å². The zero-order chi connectivity index (χ0) is 26.3. The van der Waals surface area contributed by atoms with Crippen LogP contribution >= 0.6 is 11.6 Å². The van der Waals surface area contributed by atoms with Gasteiger partial charge in [-0.25, -0.2) is 9.79 Å². The molecule has 0 N–H and O–H groups in total. The first-order valence-electron chi connectivity index (χ1n) is 12.1. The lowest BCUT2D eigenvalue weighted by Gasteiger charge is -2.43. The Labute approximate surface area is 217 Å². The molecule has 2 aliphatic rings. The number of carbonyl (C=O) groups excluding carboxylic acids is 3. The third-order valence-corrected chi connectivity index (χ3v) is 6.90. The van der Waals surface area contributed by atoms with E-state index in [9.17, 15) is 14.4 Å². The monoisotopic (exact) mass is 509 g/mol. The number of ether oxygens (including phenoxy) is 1. The van der Waals surface area contributed by atoms with Crippen LogP contribution in [0.25, 0.3) is 0 Å². The number of halogens is 1. The quantitative estimate of drug-likeness (QED) is 0.531. The molecule has 7 nitrogen and oxygen atoms in total. The summed E-state index contributed by atoms with van der Waals surface area (Å²) in [6.45, 7) is 9.76. The first kappa shape index (κ1) is 25.9. The minimum absolute atomic E-state index is 0.152. The molecule has 1 atom stereocenters. The molecule has 0 bridgehead atoms. The highest BCUT2D eigenvalue weighted by molar-refractivity contribution is 6.47. The molecule has 0 radical (unpaired) electrons. The smallest absolute Gasteiger partial charge is 0.410 e. The molecule has 0 aromatic heterocycles. The summed E-state index contributed by atoms with van der Waals surface area (Å²) in [5, 5.41) is 0.575. The molecule has 1 fully saturated rings. The number of piperidine rings is 1. The van der Waals surface area contributed by atoms with Gasteiger partial charge in [-0.15, -0.1) is 0 Å². The van der Waals surface area contributed by atoms with Crippen LogP contribution in [0.15, 0.2) is 47.5 Å². The van der Waals surface area contributed by atoms with Crippen molar-refractivity contribution in [2.45, 2.75) is 58.7 Å². The van der Waals surface area contributed by atoms with Gasteiger partial charge in [0.05, 0.1) is 13.1 Å². The van der Waals surface area contributed by atoms with Gasteiger partial charge in [0.2, 0.25) is 0 Å². The van der Waals surface area contributed by atoms with Crippen LogP contribution in [0.1, 0.15) is 60.7 Å². The van der Waals surface area contributed by atoms with Gasteiger partial charge < -0.3 is 14.5 Å². The van der Waals surface area contributed by atoms with Crippen LogP contribution in [-0.2, 0) is 9.53 Å². The number of likely N-dealkylation sites (tertiary alicyclic amines) is 1. The van der Waals surface area contributed by atoms with Crippen LogP contribution in [0.2, 0.25) is 5.02 Å². The maximum atomic E-state index is 13.7. The maximum absolute atomic E-state index is 13.7. The molecule has 1 unspecified atom stereocenters. The van der Waals surface area contributed by atoms with Gasteiger partial charge in [-0.2, -0.15) is 0 Å². The largest absolute Gasteiger partial charge is 0.444 e. The van der Waals surface area contributed by atoms with E-state index in [4.69, 9.17) is 21.3 Å². The zero-order valence-corrected chi connectivity index (χ0v) is 22.2. The van der Waals surface area contributed by atoms with Crippen LogP contribution in [0.5, 0.6) is 0 Å². The highest BCUT2D eigenvalue weighted by atomic mass is 35.5. The standard InChI is InChI=1S/C28H32ClN3O4/c1-18-7-9-20(10-8-18)24-25(34)32(16-23(33)21-11-12-22(29)19(2)15-21)28(30-24)13-6-14-31(17-28)26(35)36-27(3,4)5/h7-12,15H,6,13-14,16-17H2,1-5H3. The first-order valence-corrected chi connectivity index (χ1v) is 12.5. The number of aryl methyl sites for hydroxylation is 2. The van der Waals surface area contributed by atoms with E-state index in [1.54, 1.807) is 23.1 Å². The number of hydrogen-bond acceptors (Lipinski definition) is 5. The highest BCUT2D eigenvalue weighted by Gasteiger charge is 2.51. The predicted molar refractivity (Wildman–Crippen MR) is 140 cm³/mol. The van der Waals surface area contributed by atoms with Gasteiger partial charge in [-0.1, -0.05) is 41.4 Å². The first-order chi connectivity index (χ1) is 16.9. The Hall–Kier alpha value is -3.19. The molecule has 2 aromatic rings. The minimum atomic E-state index is -1.04. The number of amides is 2. The molecule has 190 valence electrons. The van der Waals surface area contributed by atoms with Crippen molar-refractivity contribution >= 4 is 35.1 Å². The van der Waals surface area contributed by atoms with Gasteiger partial charge in [0.15, 0.2) is 11.4 Å². The van der Waals surface area contributed by atoms with Crippen molar-refractivity contribution in [3.05, 3.63) is 69.7 Å². The maximum Gasteiger partial charge on any atom is 0.410 e. The normalized spacial score (nSPS) is 20.1. The third kappa shape index (κ3) is 5.31. The van der Waals surface area contributed by atoms with Crippen LogP contribution < -0.4 is 0 Å². The lowest BCUT2D eigenvalue weighted by molar-refractivity contribution is -0.129. The van der Waals surface area contributed by atoms with Gasteiger partial charge >= 0.3 is 6.09 Å². The van der Waals surface area contributed by atoms with Crippen molar-refractivity contribution in [3.63, 3.8) is 0 Å². The topological polar surface area (TPSA) is 79.3 Å². The van der Waals surface area contributed by atoms with Crippen LogP contribution in [0.3, 0.4) is 0 Å². The number of ketones is 1. The summed E-state index contributed by atoms with van der Waals surface area (Å²) in [5.74, 6) is -0.527. The summed E-state index contributed by atoms with van der Waals surface area (Å²) in [6.07, 6.45) is 0.718. The van der Waals surface area contributed by atoms with E-state index < -0.39 is 17.4 Å². The van der Waals surface area contributed by atoms with Gasteiger partial charge in [0.1, 0.15) is 11.3 Å². The molecule has 2 aliphatic heterocycles. The second kappa shape index (κ2) is 9.69. The van der Waals surface area contributed by atoms with E-state index in [1.807, 2.05) is 58.9 Å². The van der Waals surface area contributed by atoms with Crippen molar-refractivity contribution in [1.29, 1.82) is 0 Å². The van der Waals surface area contributed by atoms with Crippen molar-refractivity contribution in [3.8, 4) is 0 Å². The molecule has 8 heteroatoms. The lowest BCUT2D eigenvalue weighted by Crippen LogP contribution is -2.59. The zero-order valence-electron chi connectivity index (χ0n) is 21.4. The fraction of sp³-hybridized carbons (Fsp3) is 0.429. The average molecular weight is 510 g/mol. The summed E-state index contributed by atoms with van der Waals surface area (Å²) in [6, 6.07) is 12.7. The molecule has 1 spiro atoms. The summed E-state index contributed by atoms with van der Waals surface area (Å²) in [5.41, 5.74) is 1.64. The fourth-order valence-corrected chi connectivity index (χ4v) is 4.73.